The van der Waals surface area contributed by atoms with Crippen molar-refractivity contribution in [3.05, 3.63) is 29.3 Å². The molecule has 1 aromatic carbocycles. The van der Waals surface area contributed by atoms with Gasteiger partial charge in [-0.1, -0.05) is 17.7 Å². The molecule has 23 heavy (non-hydrogen) atoms. The summed E-state index contributed by atoms with van der Waals surface area (Å²) in [5.41, 5.74) is 1.53. The Morgan fingerprint density at radius 1 is 1.30 bits per heavy atom. The maximum Gasteiger partial charge on any atom is 0.264 e. The number of nitrogens with zero attached hydrogens (tertiary/aromatic N) is 1. The Labute approximate surface area is 136 Å². The summed E-state index contributed by atoms with van der Waals surface area (Å²) in [5, 5.41) is 0. The molecule has 1 aliphatic rings. The lowest BCUT2D eigenvalue weighted by atomic mass is 10.1. The number of carbonyl (C=O) groups excluding carboxylic acids is 2. The molecule has 1 aromatic rings. The molecule has 1 saturated heterocycles. The van der Waals surface area contributed by atoms with Crippen molar-refractivity contribution in [3.8, 4) is 0 Å². The second-order valence-electron chi connectivity index (χ2n) is 6.28. The number of likely N-dealkylation sites (tertiary alicyclic amines) is 1. The van der Waals surface area contributed by atoms with Gasteiger partial charge < -0.3 is 4.90 Å². The Hall–Kier alpha value is -1.89. The fourth-order valence-corrected chi connectivity index (χ4v) is 4.05. The molecule has 1 aliphatic heterocycles. The summed E-state index contributed by atoms with van der Waals surface area (Å²) in [6.45, 7) is 7.54. The van der Waals surface area contributed by atoms with Crippen molar-refractivity contribution < 1.29 is 18.0 Å². The molecule has 0 radical (unpaired) electrons. The van der Waals surface area contributed by atoms with Crippen LogP contribution in [0.1, 0.15) is 31.4 Å². The molecular weight excluding hydrogens is 316 g/mol. The van der Waals surface area contributed by atoms with Gasteiger partial charge in [0, 0.05) is 19.0 Å². The standard InChI is InChI=1S/C16H22N2O4S/c1-10(2)18-9-13(8-15(18)19)16(20)17-23(21,22)14-6-5-11(3)7-12(14)4/h5-7,10,13H,8-9H2,1-4H3,(H,17,20). The quantitative estimate of drug-likeness (QED) is 0.898. The predicted octanol–water partition coefficient (Wildman–Crippen LogP) is 1.37. The summed E-state index contributed by atoms with van der Waals surface area (Å²) in [7, 11) is -3.93. The van der Waals surface area contributed by atoms with Crippen molar-refractivity contribution in [2.24, 2.45) is 5.92 Å². The van der Waals surface area contributed by atoms with E-state index in [0.29, 0.717) is 5.56 Å². The zero-order valence-electron chi connectivity index (χ0n) is 13.8. The second-order valence-corrected chi connectivity index (χ2v) is 7.93. The van der Waals surface area contributed by atoms with E-state index in [-0.39, 0.29) is 29.8 Å². The predicted molar refractivity (Wildman–Crippen MR) is 86.2 cm³/mol. The number of benzene rings is 1. The van der Waals surface area contributed by atoms with Crippen molar-refractivity contribution in [1.82, 2.24) is 9.62 Å². The van der Waals surface area contributed by atoms with Crippen LogP contribution in [0.3, 0.4) is 0 Å². The van der Waals surface area contributed by atoms with Crippen molar-refractivity contribution in [3.63, 3.8) is 0 Å². The highest BCUT2D eigenvalue weighted by Crippen LogP contribution is 2.22. The van der Waals surface area contributed by atoms with Crippen LogP contribution in [0, 0.1) is 19.8 Å². The first-order valence-corrected chi connectivity index (χ1v) is 9.03. The summed E-state index contributed by atoms with van der Waals surface area (Å²) in [6, 6.07) is 4.92. The Balaban J connectivity index is 2.15. The monoisotopic (exact) mass is 338 g/mol. The van der Waals surface area contributed by atoms with Crippen LogP contribution >= 0.6 is 0 Å². The molecule has 1 atom stereocenters. The number of nitrogens with one attached hydrogen (secondary N) is 1. The summed E-state index contributed by atoms with van der Waals surface area (Å²) in [5.74, 6) is -1.38. The lowest BCUT2D eigenvalue weighted by Crippen LogP contribution is -2.38. The van der Waals surface area contributed by atoms with Crippen LogP contribution in [0.15, 0.2) is 23.1 Å². The third kappa shape index (κ3) is 3.72. The van der Waals surface area contributed by atoms with Gasteiger partial charge in [0.25, 0.3) is 10.0 Å². The fourth-order valence-electron chi connectivity index (χ4n) is 2.78. The number of amides is 2. The molecule has 126 valence electrons. The minimum Gasteiger partial charge on any atom is -0.339 e. The lowest BCUT2D eigenvalue weighted by molar-refractivity contribution is -0.129. The molecule has 1 fully saturated rings. The molecule has 0 spiro atoms. The summed E-state index contributed by atoms with van der Waals surface area (Å²) in [4.78, 5) is 25.8. The Morgan fingerprint density at radius 3 is 2.48 bits per heavy atom. The van der Waals surface area contributed by atoms with E-state index >= 15 is 0 Å². The van der Waals surface area contributed by atoms with E-state index in [4.69, 9.17) is 0 Å². The molecule has 0 aliphatic carbocycles. The molecule has 1 heterocycles. The zero-order chi connectivity index (χ0) is 17.4. The van der Waals surface area contributed by atoms with Gasteiger partial charge in [-0.05, 0) is 39.3 Å². The van der Waals surface area contributed by atoms with Gasteiger partial charge in [0.15, 0.2) is 0 Å². The van der Waals surface area contributed by atoms with Gasteiger partial charge in [-0.3, -0.25) is 9.59 Å². The first kappa shape index (κ1) is 17.5. The molecule has 1 N–H and O–H groups in total. The minimum atomic E-state index is -3.93. The first-order chi connectivity index (χ1) is 10.6. The molecule has 2 rings (SSSR count). The SMILES string of the molecule is Cc1ccc(S(=O)(=O)NC(=O)C2CC(=O)N(C(C)C)C2)c(C)c1. The normalized spacial score (nSPS) is 18.6. The van der Waals surface area contributed by atoms with Gasteiger partial charge in [-0.2, -0.15) is 0 Å². The maximum atomic E-state index is 12.4. The minimum absolute atomic E-state index is 0.00347. The fraction of sp³-hybridized carbons (Fsp3) is 0.500. The third-order valence-electron chi connectivity index (χ3n) is 4.01. The third-order valence-corrected chi connectivity index (χ3v) is 5.51. The number of hydrogen-bond acceptors (Lipinski definition) is 4. The highest BCUT2D eigenvalue weighted by molar-refractivity contribution is 7.90. The van der Waals surface area contributed by atoms with Gasteiger partial charge in [-0.25, -0.2) is 13.1 Å². The summed E-state index contributed by atoms with van der Waals surface area (Å²) >= 11 is 0. The Kier molecular flexibility index (Phi) is 4.79. The van der Waals surface area contributed by atoms with Gasteiger partial charge in [0.05, 0.1) is 10.8 Å². The van der Waals surface area contributed by atoms with E-state index in [2.05, 4.69) is 4.72 Å². The van der Waals surface area contributed by atoms with E-state index in [1.165, 1.54) is 6.07 Å². The van der Waals surface area contributed by atoms with Crippen LogP contribution < -0.4 is 4.72 Å². The van der Waals surface area contributed by atoms with Crippen molar-refractivity contribution >= 4 is 21.8 Å². The molecule has 0 saturated carbocycles. The van der Waals surface area contributed by atoms with E-state index in [1.54, 1.807) is 24.0 Å². The molecule has 2 amide bonds. The van der Waals surface area contributed by atoms with Gasteiger partial charge in [0.1, 0.15) is 0 Å². The van der Waals surface area contributed by atoms with Crippen molar-refractivity contribution in [1.29, 1.82) is 0 Å². The highest BCUT2D eigenvalue weighted by Gasteiger charge is 2.37. The van der Waals surface area contributed by atoms with E-state index in [0.717, 1.165) is 5.56 Å². The molecular formula is C16H22N2O4S. The second kappa shape index (κ2) is 6.31. The average molecular weight is 338 g/mol. The van der Waals surface area contributed by atoms with Gasteiger partial charge in [0.2, 0.25) is 11.8 Å². The number of carbonyl (C=O) groups is 2. The van der Waals surface area contributed by atoms with Gasteiger partial charge in [-0.15, -0.1) is 0 Å². The summed E-state index contributed by atoms with van der Waals surface area (Å²) in [6.07, 6.45) is 0.0480. The average Bonchev–Trinajstić information content (AvgIpc) is 2.80. The summed E-state index contributed by atoms with van der Waals surface area (Å²) < 4.78 is 26.9. The number of aryl methyl sites for hydroxylation is 2. The van der Waals surface area contributed by atoms with Gasteiger partial charge >= 0.3 is 0 Å². The lowest BCUT2D eigenvalue weighted by Gasteiger charge is -2.20. The van der Waals surface area contributed by atoms with Crippen molar-refractivity contribution in [2.75, 3.05) is 6.54 Å². The van der Waals surface area contributed by atoms with E-state index in [1.807, 2.05) is 20.8 Å². The molecule has 6 nitrogen and oxygen atoms in total. The number of sulfonamides is 1. The van der Waals surface area contributed by atoms with Crippen LogP contribution in [0.4, 0.5) is 0 Å². The van der Waals surface area contributed by atoms with Crippen LogP contribution in [0.5, 0.6) is 0 Å². The smallest absolute Gasteiger partial charge is 0.264 e. The zero-order valence-corrected chi connectivity index (χ0v) is 14.6. The topological polar surface area (TPSA) is 83.5 Å². The Morgan fingerprint density at radius 2 is 1.96 bits per heavy atom. The number of hydrogen-bond donors (Lipinski definition) is 1. The van der Waals surface area contributed by atoms with Crippen LogP contribution in [0.25, 0.3) is 0 Å². The van der Waals surface area contributed by atoms with Crippen LogP contribution in [0.2, 0.25) is 0 Å². The molecule has 1 unspecified atom stereocenters. The highest BCUT2D eigenvalue weighted by atomic mass is 32.2. The van der Waals surface area contributed by atoms with E-state index < -0.39 is 21.8 Å². The molecule has 0 aromatic heterocycles. The van der Waals surface area contributed by atoms with Crippen molar-refractivity contribution in [2.45, 2.75) is 45.1 Å². The maximum absolute atomic E-state index is 12.4. The Bertz CT molecular complexity index is 740. The van der Waals surface area contributed by atoms with E-state index in [9.17, 15) is 18.0 Å². The number of rotatable bonds is 4. The van der Waals surface area contributed by atoms with Crippen LogP contribution in [-0.4, -0.2) is 37.7 Å². The largest absolute Gasteiger partial charge is 0.339 e. The van der Waals surface area contributed by atoms with Crippen LogP contribution in [-0.2, 0) is 19.6 Å². The molecule has 7 heteroatoms. The first-order valence-electron chi connectivity index (χ1n) is 7.55. The molecule has 0 bridgehead atoms.